The van der Waals surface area contributed by atoms with E-state index in [9.17, 15) is 23.1 Å². The number of nitrogens with zero attached hydrogens (tertiary/aromatic N) is 3. The van der Waals surface area contributed by atoms with Gasteiger partial charge in [-0.1, -0.05) is 0 Å². The predicted octanol–water partition coefficient (Wildman–Crippen LogP) is 3.43. The third-order valence-corrected chi connectivity index (χ3v) is 4.54. The number of aromatic nitrogens is 1. The van der Waals surface area contributed by atoms with Crippen LogP contribution in [-0.2, 0) is 5.54 Å². The van der Waals surface area contributed by atoms with E-state index in [0.717, 1.165) is 0 Å². The van der Waals surface area contributed by atoms with Gasteiger partial charge in [-0.2, -0.15) is 18.4 Å². The summed E-state index contributed by atoms with van der Waals surface area (Å²) in [7, 11) is 0. The summed E-state index contributed by atoms with van der Waals surface area (Å²) < 4.78 is 40.7. The van der Waals surface area contributed by atoms with Crippen molar-refractivity contribution in [2.45, 2.75) is 57.3 Å². The molecule has 0 aromatic carbocycles. The average Bonchev–Trinajstić information content (AvgIpc) is 2.81. The number of amides is 2. The van der Waals surface area contributed by atoms with Crippen LogP contribution >= 0.6 is 0 Å². The standard InChI is InChI=1S/C17H23F3N4O2/c1-15(2,3)24-11-12(10-21)9-13(24)22-14(25)23-7-4-5-16(26,6-8-23)17(18,19)20/h9,11,26H,4-8H2,1-3H3,(H,22,25). The molecule has 9 heteroatoms. The molecule has 0 radical (unpaired) electrons. The number of carbonyl (C=O) groups excluding carboxylic acids is 1. The normalized spacial score (nSPS) is 21.8. The molecule has 1 saturated heterocycles. The van der Waals surface area contributed by atoms with Crippen molar-refractivity contribution < 1.29 is 23.1 Å². The second kappa shape index (κ2) is 6.83. The van der Waals surface area contributed by atoms with Crippen molar-refractivity contribution in [1.29, 1.82) is 5.26 Å². The van der Waals surface area contributed by atoms with E-state index in [1.807, 2.05) is 26.8 Å². The second-order valence-electron chi connectivity index (χ2n) is 7.57. The van der Waals surface area contributed by atoms with Crippen LogP contribution in [0, 0.1) is 11.3 Å². The zero-order chi connectivity index (χ0) is 19.8. The molecule has 6 nitrogen and oxygen atoms in total. The summed E-state index contributed by atoms with van der Waals surface area (Å²) in [4.78, 5) is 13.8. The van der Waals surface area contributed by atoms with E-state index in [-0.39, 0.29) is 19.5 Å². The Labute approximate surface area is 150 Å². The summed E-state index contributed by atoms with van der Waals surface area (Å²) in [5.41, 5.74) is -2.79. The van der Waals surface area contributed by atoms with E-state index in [1.165, 1.54) is 11.0 Å². The first kappa shape index (κ1) is 20.1. The minimum absolute atomic E-state index is 0.0488. The van der Waals surface area contributed by atoms with E-state index in [1.54, 1.807) is 10.8 Å². The summed E-state index contributed by atoms with van der Waals surface area (Å²) in [6.45, 7) is 5.62. The zero-order valence-corrected chi connectivity index (χ0v) is 15.0. The summed E-state index contributed by atoms with van der Waals surface area (Å²) in [5, 5.41) is 21.6. The summed E-state index contributed by atoms with van der Waals surface area (Å²) in [6.07, 6.45) is -4.05. The number of likely N-dealkylation sites (tertiary alicyclic amines) is 1. The minimum atomic E-state index is -4.72. The number of nitrogens with one attached hydrogen (secondary N) is 1. The van der Waals surface area contributed by atoms with E-state index in [4.69, 9.17) is 5.26 Å². The third-order valence-electron chi connectivity index (χ3n) is 4.54. The molecule has 1 fully saturated rings. The largest absolute Gasteiger partial charge is 0.417 e. The van der Waals surface area contributed by atoms with Crippen LogP contribution in [0.1, 0.15) is 45.6 Å². The molecular weight excluding hydrogens is 349 g/mol. The molecule has 1 atom stereocenters. The quantitative estimate of drug-likeness (QED) is 0.792. The van der Waals surface area contributed by atoms with Crippen molar-refractivity contribution >= 4 is 11.8 Å². The predicted molar refractivity (Wildman–Crippen MR) is 89.6 cm³/mol. The Hall–Kier alpha value is -2.21. The molecule has 0 saturated carbocycles. The number of urea groups is 1. The van der Waals surface area contributed by atoms with Crippen LogP contribution in [0.2, 0.25) is 0 Å². The van der Waals surface area contributed by atoms with Gasteiger partial charge in [0.1, 0.15) is 11.9 Å². The number of aliphatic hydroxyl groups is 1. The van der Waals surface area contributed by atoms with Gasteiger partial charge in [0, 0.05) is 31.2 Å². The van der Waals surface area contributed by atoms with Crippen LogP contribution in [-0.4, -0.2) is 45.5 Å². The lowest BCUT2D eigenvalue weighted by molar-refractivity contribution is -0.263. The molecule has 1 aliphatic rings. The van der Waals surface area contributed by atoms with Gasteiger partial charge in [0.15, 0.2) is 5.60 Å². The molecule has 26 heavy (non-hydrogen) atoms. The third kappa shape index (κ3) is 4.12. The number of rotatable bonds is 1. The highest BCUT2D eigenvalue weighted by atomic mass is 19.4. The van der Waals surface area contributed by atoms with Gasteiger partial charge >= 0.3 is 12.2 Å². The molecule has 144 valence electrons. The van der Waals surface area contributed by atoms with Crippen molar-refractivity contribution in [3.63, 3.8) is 0 Å². The second-order valence-corrected chi connectivity index (χ2v) is 7.57. The summed E-state index contributed by atoms with van der Waals surface area (Å²) in [5.74, 6) is 0.398. The van der Waals surface area contributed by atoms with E-state index in [2.05, 4.69) is 5.32 Å². The van der Waals surface area contributed by atoms with Crippen molar-refractivity contribution in [2.24, 2.45) is 0 Å². The molecule has 0 bridgehead atoms. The number of anilines is 1. The minimum Gasteiger partial charge on any atom is -0.380 e. The maximum Gasteiger partial charge on any atom is 0.417 e. The van der Waals surface area contributed by atoms with E-state index >= 15 is 0 Å². The van der Waals surface area contributed by atoms with Gasteiger partial charge in [-0.25, -0.2) is 4.79 Å². The lowest BCUT2D eigenvalue weighted by Gasteiger charge is -2.29. The highest BCUT2D eigenvalue weighted by molar-refractivity contribution is 5.88. The van der Waals surface area contributed by atoms with E-state index in [0.29, 0.717) is 11.4 Å². The van der Waals surface area contributed by atoms with Gasteiger partial charge in [0.25, 0.3) is 0 Å². The Morgan fingerprint density at radius 3 is 2.50 bits per heavy atom. The summed E-state index contributed by atoms with van der Waals surface area (Å²) in [6, 6.07) is 2.98. The van der Waals surface area contributed by atoms with Crippen LogP contribution in [0.3, 0.4) is 0 Å². The molecule has 0 aliphatic carbocycles. The van der Waals surface area contributed by atoms with Gasteiger partial charge in [-0.15, -0.1) is 0 Å². The molecule has 2 rings (SSSR count). The number of nitriles is 1. The molecule has 2 amide bonds. The average molecular weight is 372 g/mol. The van der Waals surface area contributed by atoms with Crippen molar-refractivity contribution in [1.82, 2.24) is 9.47 Å². The van der Waals surface area contributed by atoms with Crippen molar-refractivity contribution in [3.8, 4) is 6.07 Å². The fourth-order valence-corrected chi connectivity index (χ4v) is 2.97. The topological polar surface area (TPSA) is 81.3 Å². The first-order valence-electron chi connectivity index (χ1n) is 8.35. The maximum atomic E-state index is 13.0. The SMILES string of the molecule is CC(C)(C)n1cc(C#N)cc1NC(=O)N1CCCC(O)(C(F)(F)F)CC1. The Kier molecular flexibility index (Phi) is 5.29. The first-order valence-corrected chi connectivity index (χ1v) is 8.35. The number of alkyl halides is 3. The molecule has 1 aromatic heterocycles. The number of halogens is 3. The van der Waals surface area contributed by atoms with Gasteiger partial charge in [-0.3, -0.25) is 5.32 Å². The summed E-state index contributed by atoms with van der Waals surface area (Å²) >= 11 is 0. The fourth-order valence-electron chi connectivity index (χ4n) is 2.97. The molecule has 1 unspecified atom stereocenters. The van der Waals surface area contributed by atoms with Crippen molar-refractivity contribution in [3.05, 3.63) is 17.8 Å². The fraction of sp³-hybridized carbons (Fsp3) is 0.647. The van der Waals surface area contributed by atoms with Gasteiger partial charge in [-0.05, 0) is 39.7 Å². The Morgan fingerprint density at radius 1 is 1.31 bits per heavy atom. The molecule has 1 aromatic rings. The van der Waals surface area contributed by atoms with Gasteiger partial charge in [0.05, 0.1) is 5.56 Å². The lowest BCUT2D eigenvalue weighted by Crippen LogP contribution is -2.46. The Balaban J connectivity index is 2.14. The van der Waals surface area contributed by atoms with Crippen LogP contribution < -0.4 is 5.32 Å². The van der Waals surface area contributed by atoms with E-state index < -0.39 is 36.2 Å². The number of carbonyl (C=O) groups is 1. The molecule has 1 aliphatic heterocycles. The Bertz CT molecular complexity index is 715. The van der Waals surface area contributed by atoms with Crippen LogP contribution in [0.4, 0.5) is 23.8 Å². The van der Waals surface area contributed by atoms with Crippen LogP contribution in [0.15, 0.2) is 12.3 Å². The van der Waals surface area contributed by atoms with Crippen LogP contribution in [0.5, 0.6) is 0 Å². The van der Waals surface area contributed by atoms with Gasteiger partial charge < -0.3 is 14.6 Å². The molecule has 0 spiro atoms. The highest BCUT2D eigenvalue weighted by Crippen LogP contribution is 2.38. The monoisotopic (exact) mass is 372 g/mol. The molecule has 2 N–H and O–H groups in total. The number of hydrogen-bond acceptors (Lipinski definition) is 3. The maximum absolute atomic E-state index is 13.0. The van der Waals surface area contributed by atoms with Crippen LogP contribution in [0.25, 0.3) is 0 Å². The first-order chi connectivity index (χ1) is 11.9. The number of hydrogen-bond donors (Lipinski definition) is 2. The highest BCUT2D eigenvalue weighted by Gasteiger charge is 2.53. The van der Waals surface area contributed by atoms with Gasteiger partial charge in [0.2, 0.25) is 0 Å². The molecule has 2 heterocycles. The smallest absolute Gasteiger partial charge is 0.380 e. The Morgan fingerprint density at radius 2 is 1.96 bits per heavy atom. The van der Waals surface area contributed by atoms with Crippen molar-refractivity contribution in [2.75, 3.05) is 18.4 Å². The lowest BCUT2D eigenvalue weighted by atomic mass is 9.94. The zero-order valence-electron chi connectivity index (χ0n) is 15.0. The molecular formula is C17H23F3N4O2.